The molecule has 1 aliphatic heterocycles. The normalized spacial score (nSPS) is 15.9. The van der Waals surface area contributed by atoms with Gasteiger partial charge in [0.2, 0.25) is 0 Å². The van der Waals surface area contributed by atoms with E-state index in [1.165, 1.54) is 0 Å². The number of amides is 1. The van der Waals surface area contributed by atoms with Gasteiger partial charge in [0.1, 0.15) is 16.9 Å². The second-order valence-corrected chi connectivity index (χ2v) is 10.7. The Morgan fingerprint density at radius 2 is 2.03 bits per heavy atom. The largest absolute Gasteiger partial charge is 0.444 e. The molecule has 3 heterocycles. The SMILES string of the molecule is CN(C)c1cc(N2CCC[C@@H](NC(=O)OC(C)(C)C)C2)c2c(n1)n(C)c(=O)n2Cc1ccccc1C#N. The molecule has 1 atom stereocenters. The summed E-state index contributed by atoms with van der Waals surface area (Å²) in [4.78, 5) is 34.8. The number of rotatable bonds is 5. The van der Waals surface area contributed by atoms with E-state index in [2.05, 4.69) is 16.3 Å². The van der Waals surface area contributed by atoms with Gasteiger partial charge in [0.15, 0.2) is 5.65 Å². The molecule has 37 heavy (non-hydrogen) atoms. The molecule has 196 valence electrons. The van der Waals surface area contributed by atoms with Crippen LogP contribution < -0.4 is 20.8 Å². The molecule has 10 nitrogen and oxygen atoms in total. The average molecular weight is 506 g/mol. The number of piperidine rings is 1. The number of alkyl carbamates (subject to hydrolysis) is 1. The first-order valence-electron chi connectivity index (χ1n) is 12.5. The average Bonchev–Trinajstić information content (AvgIpc) is 3.07. The van der Waals surface area contributed by atoms with Gasteiger partial charge in [-0.25, -0.2) is 14.6 Å². The minimum atomic E-state index is -0.573. The van der Waals surface area contributed by atoms with Crippen LogP contribution in [-0.4, -0.2) is 59.0 Å². The fourth-order valence-electron chi connectivity index (χ4n) is 4.70. The minimum Gasteiger partial charge on any atom is -0.444 e. The second-order valence-electron chi connectivity index (χ2n) is 10.7. The number of hydrogen-bond donors (Lipinski definition) is 1. The minimum absolute atomic E-state index is 0.0992. The van der Waals surface area contributed by atoms with Gasteiger partial charge in [-0.05, 0) is 45.2 Å². The van der Waals surface area contributed by atoms with E-state index < -0.39 is 11.7 Å². The highest BCUT2D eigenvalue weighted by molar-refractivity contribution is 5.89. The molecule has 0 radical (unpaired) electrons. The van der Waals surface area contributed by atoms with Gasteiger partial charge in [-0.2, -0.15) is 5.26 Å². The van der Waals surface area contributed by atoms with Crippen molar-refractivity contribution in [3.8, 4) is 6.07 Å². The molecule has 1 aromatic carbocycles. The van der Waals surface area contributed by atoms with Crippen LogP contribution in [0, 0.1) is 11.3 Å². The number of anilines is 2. The van der Waals surface area contributed by atoms with Gasteiger partial charge in [0.25, 0.3) is 0 Å². The van der Waals surface area contributed by atoms with Crippen molar-refractivity contribution < 1.29 is 9.53 Å². The van der Waals surface area contributed by atoms with Crippen LogP contribution in [0.2, 0.25) is 0 Å². The summed E-state index contributed by atoms with van der Waals surface area (Å²) in [5.74, 6) is 0.731. The number of nitriles is 1. The number of imidazole rings is 1. The molecular formula is C27H35N7O3. The number of aryl methyl sites for hydroxylation is 1. The lowest BCUT2D eigenvalue weighted by atomic mass is 10.0. The maximum atomic E-state index is 13.4. The van der Waals surface area contributed by atoms with Crippen molar-refractivity contribution in [2.75, 3.05) is 37.0 Å². The quantitative estimate of drug-likeness (QED) is 0.567. The Balaban J connectivity index is 1.78. The van der Waals surface area contributed by atoms with E-state index in [1.807, 2.05) is 64.0 Å². The molecule has 2 aromatic heterocycles. The van der Waals surface area contributed by atoms with E-state index in [4.69, 9.17) is 9.72 Å². The van der Waals surface area contributed by atoms with E-state index >= 15 is 0 Å². The number of nitrogens with one attached hydrogen (secondary N) is 1. The summed E-state index contributed by atoms with van der Waals surface area (Å²) in [5, 5.41) is 12.6. The maximum absolute atomic E-state index is 13.4. The fraction of sp³-hybridized carbons (Fsp3) is 0.481. The number of fused-ring (bicyclic) bond motifs is 1. The summed E-state index contributed by atoms with van der Waals surface area (Å²) in [7, 11) is 5.55. The molecule has 0 unspecified atom stereocenters. The Morgan fingerprint density at radius 1 is 1.30 bits per heavy atom. The van der Waals surface area contributed by atoms with Gasteiger partial charge in [0.05, 0.1) is 23.9 Å². The zero-order chi connectivity index (χ0) is 26.9. The van der Waals surface area contributed by atoms with Gasteiger partial charge in [-0.3, -0.25) is 9.13 Å². The number of nitrogens with zero attached hydrogens (tertiary/aromatic N) is 6. The molecular weight excluding hydrogens is 470 g/mol. The van der Waals surface area contributed by atoms with Gasteiger partial charge in [-0.15, -0.1) is 0 Å². The number of carbonyl (C=O) groups excluding carboxylic acids is 1. The van der Waals surface area contributed by atoms with Crippen LogP contribution >= 0.6 is 0 Å². The smallest absolute Gasteiger partial charge is 0.407 e. The molecule has 0 aliphatic carbocycles. The Kier molecular flexibility index (Phi) is 7.16. The third kappa shape index (κ3) is 5.56. The van der Waals surface area contributed by atoms with Crippen LogP contribution in [0.4, 0.5) is 16.3 Å². The third-order valence-corrected chi connectivity index (χ3v) is 6.45. The number of ether oxygens (including phenoxy) is 1. The standard InChI is InChI=1S/C27H35N7O3/c1-27(2,3)37-25(35)29-20-12-9-13-33(17-20)21-14-22(31(4)5)30-24-23(21)34(26(36)32(24)6)16-19-11-8-7-10-18(19)15-28/h7-8,10-11,14,20H,9,12-13,16-17H2,1-6H3,(H,29,35)/t20-/m1/s1. The number of hydrogen-bond acceptors (Lipinski definition) is 7. The highest BCUT2D eigenvalue weighted by Crippen LogP contribution is 2.32. The van der Waals surface area contributed by atoms with Crippen molar-refractivity contribution in [1.29, 1.82) is 5.26 Å². The summed E-state index contributed by atoms with van der Waals surface area (Å²) < 4.78 is 8.72. The molecule has 1 N–H and O–H groups in total. The Bertz CT molecular complexity index is 1410. The molecule has 3 aromatic rings. The van der Waals surface area contributed by atoms with E-state index in [1.54, 1.807) is 22.2 Å². The van der Waals surface area contributed by atoms with Crippen LogP contribution in [0.3, 0.4) is 0 Å². The lowest BCUT2D eigenvalue weighted by molar-refractivity contribution is 0.0500. The molecule has 0 bridgehead atoms. The van der Waals surface area contributed by atoms with Crippen LogP contribution in [0.25, 0.3) is 11.2 Å². The summed E-state index contributed by atoms with van der Waals surface area (Å²) in [6.07, 6.45) is 1.27. The van der Waals surface area contributed by atoms with Crippen molar-refractivity contribution in [3.63, 3.8) is 0 Å². The van der Waals surface area contributed by atoms with E-state index in [9.17, 15) is 14.9 Å². The van der Waals surface area contributed by atoms with Crippen molar-refractivity contribution in [2.24, 2.45) is 7.05 Å². The molecule has 1 fully saturated rings. The van der Waals surface area contributed by atoms with Crippen LogP contribution in [0.1, 0.15) is 44.7 Å². The van der Waals surface area contributed by atoms with Crippen molar-refractivity contribution in [2.45, 2.75) is 51.8 Å². The maximum Gasteiger partial charge on any atom is 0.407 e. The predicted octanol–water partition coefficient (Wildman–Crippen LogP) is 3.21. The topological polar surface area (TPSA) is 108 Å². The van der Waals surface area contributed by atoms with Crippen LogP contribution in [-0.2, 0) is 18.3 Å². The Hall–Kier alpha value is -4.00. The molecule has 1 saturated heterocycles. The number of benzene rings is 1. The number of carbonyl (C=O) groups is 1. The molecule has 0 saturated carbocycles. The lowest BCUT2D eigenvalue weighted by Crippen LogP contribution is -2.49. The van der Waals surface area contributed by atoms with Crippen LogP contribution in [0.15, 0.2) is 35.1 Å². The molecule has 1 amide bonds. The summed E-state index contributed by atoms with van der Waals surface area (Å²) in [6, 6.07) is 11.4. The fourth-order valence-corrected chi connectivity index (χ4v) is 4.70. The summed E-state index contributed by atoms with van der Waals surface area (Å²) in [6.45, 7) is 7.13. The highest BCUT2D eigenvalue weighted by Gasteiger charge is 2.28. The highest BCUT2D eigenvalue weighted by atomic mass is 16.6. The number of aromatic nitrogens is 3. The third-order valence-electron chi connectivity index (χ3n) is 6.45. The molecule has 4 rings (SSSR count). The first kappa shape index (κ1) is 26.1. The molecule has 1 aliphatic rings. The van der Waals surface area contributed by atoms with Crippen LogP contribution in [0.5, 0.6) is 0 Å². The van der Waals surface area contributed by atoms with Gasteiger partial charge < -0.3 is 19.9 Å². The van der Waals surface area contributed by atoms with E-state index in [-0.39, 0.29) is 18.3 Å². The van der Waals surface area contributed by atoms with Gasteiger partial charge >= 0.3 is 11.8 Å². The number of pyridine rings is 1. The van der Waals surface area contributed by atoms with Crippen molar-refractivity contribution in [3.05, 3.63) is 51.9 Å². The van der Waals surface area contributed by atoms with Crippen molar-refractivity contribution in [1.82, 2.24) is 19.4 Å². The zero-order valence-electron chi connectivity index (χ0n) is 22.4. The summed E-state index contributed by atoms with van der Waals surface area (Å²) in [5.41, 5.74) is 2.68. The van der Waals surface area contributed by atoms with Crippen molar-refractivity contribution >= 4 is 28.8 Å². The van der Waals surface area contributed by atoms with Gasteiger partial charge in [-0.1, -0.05) is 18.2 Å². The monoisotopic (exact) mass is 505 g/mol. The zero-order valence-corrected chi connectivity index (χ0v) is 22.4. The Labute approximate surface area is 217 Å². The first-order chi connectivity index (χ1) is 17.5. The van der Waals surface area contributed by atoms with E-state index in [0.29, 0.717) is 23.3 Å². The second kappa shape index (κ2) is 10.2. The summed E-state index contributed by atoms with van der Waals surface area (Å²) >= 11 is 0. The molecule has 0 spiro atoms. The Morgan fingerprint density at radius 3 is 2.70 bits per heavy atom. The van der Waals surface area contributed by atoms with E-state index in [0.717, 1.165) is 36.5 Å². The molecule has 10 heteroatoms. The first-order valence-corrected chi connectivity index (χ1v) is 12.5. The van der Waals surface area contributed by atoms with Gasteiger partial charge in [0, 0.05) is 46.3 Å². The lowest BCUT2D eigenvalue weighted by Gasteiger charge is -2.35. The predicted molar refractivity (Wildman–Crippen MR) is 144 cm³/mol.